The Balaban J connectivity index is 0.000000207. The maximum atomic E-state index is 11.5. The van der Waals surface area contributed by atoms with Crippen LogP contribution in [0.15, 0.2) is 52.9 Å². The fourth-order valence-electron chi connectivity index (χ4n) is 3.83. The van der Waals surface area contributed by atoms with Gasteiger partial charge in [0, 0.05) is 18.8 Å². The van der Waals surface area contributed by atoms with E-state index in [2.05, 4.69) is 48.4 Å². The fraction of sp³-hybridized carbons (Fsp3) is 0.370. The van der Waals surface area contributed by atoms with Crippen molar-refractivity contribution in [2.45, 2.75) is 58.5 Å². The number of nitrogens with one attached hydrogen (secondary N) is 3. The van der Waals surface area contributed by atoms with E-state index in [0.717, 1.165) is 42.5 Å². The Labute approximate surface area is 226 Å². The molecule has 1 saturated carbocycles. The van der Waals surface area contributed by atoms with Gasteiger partial charge >= 0.3 is 0 Å². The van der Waals surface area contributed by atoms with Gasteiger partial charge in [-0.05, 0) is 67.4 Å². The lowest BCUT2D eigenvalue weighted by atomic mass is 9.96. The van der Waals surface area contributed by atoms with Crippen molar-refractivity contribution in [2.75, 3.05) is 12.4 Å². The lowest BCUT2D eigenvalue weighted by Crippen LogP contribution is -2.23. The number of hydrogen-bond donors (Lipinski definition) is 3. The Morgan fingerprint density at radius 2 is 1.86 bits per heavy atom. The first kappa shape index (κ1) is 28.5. The fourth-order valence-corrected chi connectivity index (χ4v) is 5.19. The summed E-state index contributed by atoms with van der Waals surface area (Å²) in [6, 6.07) is 12.4. The second-order valence-corrected chi connectivity index (χ2v) is 10.1. The molecule has 0 aromatic carbocycles. The van der Waals surface area contributed by atoms with Gasteiger partial charge in [-0.3, -0.25) is 19.9 Å². The van der Waals surface area contributed by atoms with Crippen molar-refractivity contribution in [1.82, 2.24) is 25.6 Å². The summed E-state index contributed by atoms with van der Waals surface area (Å²) in [7, 11) is 1.93. The summed E-state index contributed by atoms with van der Waals surface area (Å²) in [6.45, 7) is 4.82. The van der Waals surface area contributed by atoms with Crippen LogP contribution in [-0.2, 0) is 11.3 Å². The quantitative estimate of drug-likeness (QED) is 0.323. The summed E-state index contributed by atoms with van der Waals surface area (Å²) in [5.74, 6) is 0.205. The molecule has 0 bridgehead atoms. The molecular formula is C27H34N6O2S2. The highest BCUT2D eigenvalue weighted by Crippen LogP contribution is 2.26. The summed E-state index contributed by atoms with van der Waals surface area (Å²) in [5, 5.41) is 10.4. The maximum Gasteiger partial charge on any atom is 0.290 e. The Bertz CT molecular complexity index is 1180. The third-order valence-corrected chi connectivity index (χ3v) is 7.18. The molecule has 0 atom stereocenters. The van der Waals surface area contributed by atoms with Gasteiger partial charge in [0.15, 0.2) is 0 Å². The normalized spacial score (nSPS) is 16.4. The first-order valence-electron chi connectivity index (χ1n) is 12.6. The van der Waals surface area contributed by atoms with E-state index in [4.69, 9.17) is 0 Å². The number of imide groups is 1. The highest BCUT2D eigenvalue weighted by molar-refractivity contribution is 8.18. The molecule has 1 saturated heterocycles. The second-order valence-electron chi connectivity index (χ2n) is 8.16. The lowest BCUT2D eigenvalue weighted by molar-refractivity contribution is -0.115. The number of carbonyl (C=O) groups excluding carboxylic acids is 2. The molecule has 0 unspecified atom stereocenters. The smallest absolute Gasteiger partial charge is 0.290 e. The Hall–Kier alpha value is -3.08. The van der Waals surface area contributed by atoms with Gasteiger partial charge in [-0.2, -0.15) is 0 Å². The zero-order valence-electron chi connectivity index (χ0n) is 21.5. The van der Waals surface area contributed by atoms with Crippen LogP contribution in [0.25, 0.3) is 16.6 Å². The van der Waals surface area contributed by atoms with Gasteiger partial charge in [0.2, 0.25) is 5.95 Å². The molecule has 0 radical (unpaired) electrons. The van der Waals surface area contributed by atoms with E-state index in [1.807, 2.05) is 39.1 Å². The van der Waals surface area contributed by atoms with Crippen molar-refractivity contribution >= 4 is 46.3 Å². The van der Waals surface area contributed by atoms with Gasteiger partial charge in [-0.1, -0.05) is 45.2 Å². The molecule has 0 spiro atoms. The van der Waals surface area contributed by atoms with Crippen LogP contribution in [0.5, 0.6) is 0 Å². The first-order valence-corrected chi connectivity index (χ1v) is 14.3. The number of rotatable bonds is 6. The van der Waals surface area contributed by atoms with Crippen LogP contribution in [0.1, 0.15) is 57.3 Å². The van der Waals surface area contributed by atoms with Gasteiger partial charge < -0.3 is 10.6 Å². The summed E-state index contributed by atoms with van der Waals surface area (Å²) in [5.41, 5.74) is 2.77. The number of thiophene rings is 1. The van der Waals surface area contributed by atoms with Gasteiger partial charge in [0.1, 0.15) is 0 Å². The third kappa shape index (κ3) is 9.07. The number of aromatic nitrogens is 3. The molecule has 37 heavy (non-hydrogen) atoms. The molecule has 3 aromatic rings. The molecule has 2 aliphatic rings. The van der Waals surface area contributed by atoms with Crippen LogP contribution in [-0.4, -0.2) is 39.2 Å². The molecule has 2 amide bonds. The van der Waals surface area contributed by atoms with Gasteiger partial charge in [0.05, 0.1) is 26.9 Å². The molecule has 5 rings (SSSR count). The van der Waals surface area contributed by atoms with E-state index >= 15 is 0 Å². The van der Waals surface area contributed by atoms with Crippen LogP contribution >= 0.6 is 23.1 Å². The minimum absolute atomic E-state index is 0.346. The Morgan fingerprint density at radius 1 is 1.05 bits per heavy atom. The zero-order valence-corrected chi connectivity index (χ0v) is 23.1. The average molecular weight is 539 g/mol. The zero-order chi connectivity index (χ0) is 26.5. The van der Waals surface area contributed by atoms with Crippen molar-refractivity contribution in [3.8, 4) is 10.6 Å². The summed E-state index contributed by atoms with van der Waals surface area (Å²) in [6.07, 6.45) is 9.32. The second kappa shape index (κ2) is 15.2. The molecule has 1 aliphatic carbocycles. The van der Waals surface area contributed by atoms with E-state index in [9.17, 15) is 9.59 Å². The largest absolute Gasteiger partial charge is 0.351 e. The third-order valence-electron chi connectivity index (χ3n) is 5.47. The van der Waals surface area contributed by atoms with Crippen molar-refractivity contribution in [3.05, 3.63) is 64.3 Å². The van der Waals surface area contributed by atoms with Crippen LogP contribution < -0.4 is 16.0 Å². The topological polar surface area (TPSA) is 109 Å². The van der Waals surface area contributed by atoms with E-state index in [1.165, 1.54) is 24.1 Å². The predicted molar refractivity (Wildman–Crippen MR) is 153 cm³/mol. The van der Waals surface area contributed by atoms with Crippen LogP contribution in [0, 0.1) is 0 Å². The predicted octanol–water partition coefficient (Wildman–Crippen LogP) is 6.10. The Morgan fingerprint density at radius 3 is 2.54 bits per heavy atom. The summed E-state index contributed by atoms with van der Waals surface area (Å²) in [4.78, 5) is 37.4. The van der Waals surface area contributed by atoms with Gasteiger partial charge in [-0.15, -0.1) is 11.3 Å². The minimum Gasteiger partial charge on any atom is -0.351 e. The van der Waals surface area contributed by atoms with E-state index in [0.29, 0.717) is 22.6 Å². The number of thioether (sulfide) groups is 1. The lowest BCUT2D eigenvalue weighted by Gasteiger charge is -2.22. The van der Waals surface area contributed by atoms with Crippen LogP contribution in [0.4, 0.5) is 10.7 Å². The van der Waals surface area contributed by atoms with E-state index in [-0.39, 0.29) is 11.1 Å². The van der Waals surface area contributed by atoms with Gasteiger partial charge in [-0.25, -0.2) is 9.97 Å². The number of nitrogens with zero attached hydrogens (tertiary/aromatic N) is 3. The molecule has 2 fully saturated rings. The summed E-state index contributed by atoms with van der Waals surface area (Å²) < 4.78 is 0. The molecule has 3 aromatic heterocycles. The number of amides is 2. The van der Waals surface area contributed by atoms with Crippen LogP contribution in [0.3, 0.4) is 0 Å². The van der Waals surface area contributed by atoms with E-state index in [1.54, 1.807) is 29.7 Å². The number of pyridine rings is 1. The average Bonchev–Trinajstić information content (AvgIpc) is 3.57. The number of anilines is 1. The number of hydrogen-bond acceptors (Lipinski definition) is 9. The van der Waals surface area contributed by atoms with Crippen molar-refractivity contribution in [2.24, 2.45) is 0 Å². The highest BCUT2D eigenvalue weighted by atomic mass is 32.2. The molecule has 8 nitrogen and oxygen atoms in total. The highest BCUT2D eigenvalue weighted by Gasteiger charge is 2.25. The maximum absolute atomic E-state index is 11.5. The molecule has 10 heteroatoms. The van der Waals surface area contributed by atoms with Crippen LogP contribution in [0.2, 0.25) is 0 Å². The number of carbonyl (C=O) groups is 2. The van der Waals surface area contributed by atoms with Crippen molar-refractivity contribution in [3.63, 3.8) is 0 Å². The molecule has 3 N–H and O–H groups in total. The molecular weight excluding hydrogens is 504 g/mol. The minimum atomic E-state index is -0.370. The van der Waals surface area contributed by atoms with Crippen molar-refractivity contribution < 1.29 is 9.59 Å². The standard InChI is InChI=1S/C14H16N4O2S.C11H12N2S.C2H6/c19-12-11(21-14(20)18-12)8-10-6-7-15-13(17-10)16-9-4-2-1-3-5-9;1-12-8-9-4-2-5-10(13-9)11-6-3-7-14-11;1-2/h6-9H,1-5H2,(H,15,16,17)(H,18,19,20);2-7,12H,8H2,1H3;1-2H3/b11-8-;;. The van der Waals surface area contributed by atoms with E-state index < -0.39 is 0 Å². The molecule has 4 heterocycles. The SMILES string of the molecule is CC.CNCc1cccc(-c2cccs2)n1.O=C1NC(=O)/C(=C/c2ccnc(NC3CCCCC3)n2)S1. The van der Waals surface area contributed by atoms with Crippen molar-refractivity contribution in [1.29, 1.82) is 0 Å². The van der Waals surface area contributed by atoms with Gasteiger partial charge in [0.25, 0.3) is 11.1 Å². The monoisotopic (exact) mass is 538 g/mol. The Kier molecular flexibility index (Phi) is 11.7. The molecule has 1 aliphatic heterocycles. The molecule has 196 valence electrons. The summed E-state index contributed by atoms with van der Waals surface area (Å²) >= 11 is 2.61. The first-order chi connectivity index (χ1) is 18.1.